The van der Waals surface area contributed by atoms with Crippen molar-refractivity contribution in [3.63, 3.8) is 0 Å². The summed E-state index contributed by atoms with van der Waals surface area (Å²) in [7, 11) is -3.66. The molecule has 0 heterocycles. The van der Waals surface area contributed by atoms with E-state index in [4.69, 9.17) is 5.11 Å². The van der Waals surface area contributed by atoms with Crippen LogP contribution in [0.2, 0.25) is 0 Å². The fraction of sp³-hybridized carbons (Fsp3) is 0.875. The van der Waals surface area contributed by atoms with Crippen molar-refractivity contribution in [2.45, 2.75) is 43.7 Å². The summed E-state index contributed by atoms with van der Waals surface area (Å²) >= 11 is 0. The Hall–Kier alpha value is -0.660. The van der Waals surface area contributed by atoms with Gasteiger partial charge in [0, 0.05) is 6.04 Å². The molecule has 0 bridgehead atoms. The summed E-state index contributed by atoms with van der Waals surface area (Å²) in [5.41, 5.74) is -1.26. The Kier molecular flexibility index (Phi) is 2.48. The van der Waals surface area contributed by atoms with E-state index in [0.29, 0.717) is 12.8 Å². The average molecular weight is 234 g/mol. The molecule has 2 aliphatic carbocycles. The van der Waals surface area contributed by atoms with Gasteiger partial charge in [-0.2, -0.15) is 17.9 Å². The number of aliphatic carboxylic acids is 1. The van der Waals surface area contributed by atoms with Gasteiger partial charge in [-0.15, -0.1) is 0 Å². The van der Waals surface area contributed by atoms with Crippen molar-refractivity contribution >= 4 is 16.2 Å². The van der Waals surface area contributed by atoms with Crippen LogP contribution in [0.25, 0.3) is 0 Å². The standard InChI is InChI=1S/C8H14N2O4S/c11-7(12)8(4-1-5-8)10-15(13,14)9-6-2-3-6/h6,9-10H,1-5H2,(H,11,12). The molecule has 2 fully saturated rings. The van der Waals surface area contributed by atoms with Crippen molar-refractivity contribution in [1.29, 1.82) is 0 Å². The highest BCUT2D eigenvalue weighted by Crippen LogP contribution is 2.33. The minimum atomic E-state index is -3.66. The minimum absolute atomic E-state index is 0.00609. The van der Waals surface area contributed by atoms with Crippen LogP contribution >= 0.6 is 0 Å². The van der Waals surface area contributed by atoms with Gasteiger partial charge in [-0.3, -0.25) is 4.79 Å². The van der Waals surface area contributed by atoms with E-state index in [1.54, 1.807) is 0 Å². The summed E-state index contributed by atoms with van der Waals surface area (Å²) < 4.78 is 27.7. The van der Waals surface area contributed by atoms with Gasteiger partial charge in [0.15, 0.2) is 0 Å². The Balaban J connectivity index is 2.02. The maximum absolute atomic E-state index is 11.5. The molecule has 0 aromatic heterocycles. The van der Waals surface area contributed by atoms with Gasteiger partial charge >= 0.3 is 5.97 Å². The first-order chi connectivity index (χ1) is 6.94. The number of rotatable bonds is 5. The van der Waals surface area contributed by atoms with Gasteiger partial charge in [0.05, 0.1) is 0 Å². The second kappa shape index (κ2) is 3.43. The summed E-state index contributed by atoms with van der Waals surface area (Å²) in [6, 6.07) is -0.00609. The van der Waals surface area contributed by atoms with Crippen LogP contribution in [0.4, 0.5) is 0 Å². The topological polar surface area (TPSA) is 95.5 Å². The molecule has 0 saturated heterocycles. The molecule has 0 aromatic rings. The van der Waals surface area contributed by atoms with Gasteiger partial charge in [0.2, 0.25) is 0 Å². The molecule has 0 spiro atoms. The predicted octanol–water partition coefficient (Wildman–Crippen LogP) is -0.420. The molecule has 2 aliphatic rings. The maximum Gasteiger partial charge on any atom is 0.324 e. The molecular formula is C8H14N2O4S. The lowest BCUT2D eigenvalue weighted by molar-refractivity contribution is -0.147. The van der Waals surface area contributed by atoms with Crippen LogP contribution in [0.1, 0.15) is 32.1 Å². The third-order valence-corrected chi connectivity index (χ3v) is 4.15. The zero-order chi connectivity index (χ0) is 11.1. The van der Waals surface area contributed by atoms with E-state index in [1.807, 2.05) is 0 Å². The van der Waals surface area contributed by atoms with E-state index >= 15 is 0 Å². The zero-order valence-corrected chi connectivity index (χ0v) is 9.01. The van der Waals surface area contributed by atoms with E-state index in [1.165, 1.54) is 0 Å². The van der Waals surface area contributed by atoms with E-state index in [9.17, 15) is 13.2 Å². The number of nitrogens with one attached hydrogen (secondary N) is 2. The minimum Gasteiger partial charge on any atom is -0.480 e. The second-order valence-electron chi connectivity index (χ2n) is 4.24. The fourth-order valence-corrected chi connectivity index (χ4v) is 3.14. The highest BCUT2D eigenvalue weighted by atomic mass is 32.2. The zero-order valence-electron chi connectivity index (χ0n) is 8.19. The first-order valence-electron chi connectivity index (χ1n) is 4.98. The Morgan fingerprint density at radius 2 is 1.93 bits per heavy atom. The monoisotopic (exact) mass is 234 g/mol. The van der Waals surface area contributed by atoms with E-state index < -0.39 is 21.7 Å². The quantitative estimate of drug-likeness (QED) is 0.602. The number of carboxylic acids is 1. The summed E-state index contributed by atoms with van der Waals surface area (Å²) in [6.45, 7) is 0. The second-order valence-corrected chi connectivity index (χ2v) is 5.69. The number of carboxylic acid groups (broad SMARTS) is 1. The highest BCUT2D eigenvalue weighted by Gasteiger charge is 2.47. The van der Waals surface area contributed by atoms with Gasteiger partial charge in [-0.05, 0) is 32.1 Å². The third kappa shape index (κ3) is 2.30. The van der Waals surface area contributed by atoms with Crippen molar-refractivity contribution in [2.75, 3.05) is 0 Å². The Bertz CT molecular complexity index is 370. The highest BCUT2D eigenvalue weighted by molar-refractivity contribution is 7.87. The molecule has 0 unspecified atom stereocenters. The predicted molar refractivity (Wildman–Crippen MR) is 52.4 cm³/mol. The van der Waals surface area contributed by atoms with Crippen LogP contribution in [0.5, 0.6) is 0 Å². The molecule has 0 aliphatic heterocycles. The van der Waals surface area contributed by atoms with Crippen molar-refractivity contribution in [1.82, 2.24) is 9.44 Å². The normalized spacial score (nSPS) is 24.5. The van der Waals surface area contributed by atoms with Crippen LogP contribution in [-0.2, 0) is 15.0 Å². The lowest BCUT2D eigenvalue weighted by Crippen LogP contribution is -2.61. The molecule has 0 aromatic carbocycles. The van der Waals surface area contributed by atoms with E-state index in [0.717, 1.165) is 19.3 Å². The van der Waals surface area contributed by atoms with Crippen LogP contribution < -0.4 is 9.44 Å². The first-order valence-corrected chi connectivity index (χ1v) is 6.46. The van der Waals surface area contributed by atoms with Crippen LogP contribution in [0.15, 0.2) is 0 Å². The molecule has 7 heteroatoms. The largest absolute Gasteiger partial charge is 0.480 e. The molecular weight excluding hydrogens is 220 g/mol. The summed E-state index contributed by atoms with van der Waals surface area (Å²) in [5.74, 6) is -1.09. The van der Waals surface area contributed by atoms with Crippen LogP contribution in [0, 0.1) is 0 Å². The Labute approximate surface area is 88.2 Å². The van der Waals surface area contributed by atoms with Crippen molar-refractivity contribution in [3.05, 3.63) is 0 Å². The SMILES string of the molecule is O=C(O)C1(NS(=O)(=O)NC2CC2)CCC1. The van der Waals surface area contributed by atoms with Crippen molar-refractivity contribution in [2.24, 2.45) is 0 Å². The average Bonchev–Trinajstić information content (AvgIpc) is 2.79. The van der Waals surface area contributed by atoms with E-state index in [-0.39, 0.29) is 6.04 Å². The third-order valence-electron chi connectivity index (χ3n) is 2.85. The summed E-state index contributed by atoms with van der Waals surface area (Å²) in [4.78, 5) is 10.9. The number of hydrogen-bond donors (Lipinski definition) is 3. The van der Waals surface area contributed by atoms with E-state index in [2.05, 4.69) is 9.44 Å². The Morgan fingerprint density at radius 3 is 2.27 bits per heavy atom. The van der Waals surface area contributed by atoms with Crippen molar-refractivity contribution in [3.8, 4) is 0 Å². The molecule has 0 atom stereocenters. The molecule has 3 N–H and O–H groups in total. The van der Waals surface area contributed by atoms with Crippen molar-refractivity contribution < 1.29 is 18.3 Å². The molecule has 2 saturated carbocycles. The van der Waals surface area contributed by atoms with Crippen LogP contribution in [0.3, 0.4) is 0 Å². The van der Waals surface area contributed by atoms with Gasteiger partial charge in [0.1, 0.15) is 5.54 Å². The fourth-order valence-electron chi connectivity index (χ4n) is 1.60. The van der Waals surface area contributed by atoms with Gasteiger partial charge < -0.3 is 5.11 Å². The van der Waals surface area contributed by atoms with Gasteiger partial charge in [-0.25, -0.2) is 0 Å². The number of carbonyl (C=O) groups is 1. The van der Waals surface area contributed by atoms with Gasteiger partial charge in [0.25, 0.3) is 10.2 Å². The first kappa shape index (κ1) is 10.8. The maximum atomic E-state index is 11.5. The molecule has 0 amide bonds. The summed E-state index contributed by atoms with van der Waals surface area (Å²) in [6.07, 6.45) is 3.15. The molecule has 15 heavy (non-hydrogen) atoms. The molecule has 2 rings (SSSR count). The Morgan fingerprint density at radius 1 is 1.33 bits per heavy atom. The number of hydrogen-bond acceptors (Lipinski definition) is 3. The van der Waals surface area contributed by atoms with Crippen LogP contribution in [-0.4, -0.2) is 31.1 Å². The van der Waals surface area contributed by atoms with Gasteiger partial charge in [-0.1, -0.05) is 0 Å². The molecule has 0 radical (unpaired) electrons. The molecule has 86 valence electrons. The summed E-state index contributed by atoms with van der Waals surface area (Å²) in [5, 5.41) is 8.94. The lowest BCUT2D eigenvalue weighted by atomic mass is 9.78. The lowest BCUT2D eigenvalue weighted by Gasteiger charge is -2.37. The smallest absolute Gasteiger partial charge is 0.324 e. The molecule has 6 nitrogen and oxygen atoms in total.